The Morgan fingerprint density at radius 2 is 2.14 bits per heavy atom. The first-order valence-electron chi connectivity index (χ1n) is 10.1. The SMILES string of the molecule is C=C(O)C(=O)N/C=C(/c1cnn(C)c1COC(=O)N(C)C1CCCC1)C(C)CC. The summed E-state index contributed by atoms with van der Waals surface area (Å²) in [6, 6.07) is 0.242. The molecule has 1 aliphatic rings. The molecule has 1 unspecified atom stereocenters. The normalized spacial score (nSPS) is 15.8. The molecule has 0 aliphatic heterocycles. The Labute approximate surface area is 172 Å². The molecular weight excluding hydrogens is 372 g/mol. The maximum atomic E-state index is 12.5. The lowest BCUT2D eigenvalue weighted by molar-refractivity contribution is -0.118. The summed E-state index contributed by atoms with van der Waals surface area (Å²) in [6.07, 6.45) is 8.06. The number of allylic oxidation sites excluding steroid dienone is 1. The van der Waals surface area contributed by atoms with E-state index in [0.717, 1.165) is 48.9 Å². The van der Waals surface area contributed by atoms with Crippen molar-refractivity contribution in [2.45, 2.75) is 58.6 Å². The summed E-state index contributed by atoms with van der Waals surface area (Å²) in [7, 11) is 3.57. The zero-order valence-corrected chi connectivity index (χ0v) is 17.8. The molecule has 1 saturated carbocycles. The topological polar surface area (TPSA) is 96.7 Å². The molecule has 29 heavy (non-hydrogen) atoms. The molecule has 0 aromatic carbocycles. The average Bonchev–Trinajstić information content (AvgIpc) is 3.35. The molecule has 160 valence electrons. The van der Waals surface area contributed by atoms with Gasteiger partial charge >= 0.3 is 6.09 Å². The van der Waals surface area contributed by atoms with Crippen LogP contribution in [-0.2, 0) is 23.2 Å². The smallest absolute Gasteiger partial charge is 0.410 e. The van der Waals surface area contributed by atoms with E-state index in [9.17, 15) is 14.7 Å². The molecule has 1 aromatic rings. The lowest BCUT2D eigenvalue weighted by Gasteiger charge is -2.23. The second-order valence-corrected chi connectivity index (χ2v) is 7.56. The van der Waals surface area contributed by atoms with Gasteiger partial charge in [0.25, 0.3) is 5.91 Å². The van der Waals surface area contributed by atoms with Gasteiger partial charge in [-0.3, -0.25) is 9.48 Å². The summed E-state index contributed by atoms with van der Waals surface area (Å²) >= 11 is 0. The minimum absolute atomic E-state index is 0.0795. The van der Waals surface area contributed by atoms with E-state index in [-0.39, 0.29) is 24.7 Å². The predicted octanol–water partition coefficient (Wildman–Crippen LogP) is 3.51. The van der Waals surface area contributed by atoms with Crippen molar-refractivity contribution in [1.82, 2.24) is 20.0 Å². The molecule has 0 radical (unpaired) electrons. The Bertz CT molecular complexity index is 778. The summed E-state index contributed by atoms with van der Waals surface area (Å²) in [5, 5.41) is 16.1. The number of nitrogens with one attached hydrogen (secondary N) is 1. The van der Waals surface area contributed by atoms with Gasteiger partial charge in [-0.15, -0.1) is 0 Å². The van der Waals surface area contributed by atoms with Crippen LogP contribution in [0.1, 0.15) is 57.2 Å². The van der Waals surface area contributed by atoms with E-state index in [0.29, 0.717) is 0 Å². The van der Waals surface area contributed by atoms with Crippen molar-refractivity contribution in [3.05, 3.63) is 36.0 Å². The molecule has 1 aromatic heterocycles. The van der Waals surface area contributed by atoms with Gasteiger partial charge in [0.1, 0.15) is 6.61 Å². The van der Waals surface area contributed by atoms with Crippen molar-refractivity contribution >= 4 is 17.6 Å². The highest BCUT2D eigenvalue weighted by Gasteiger charge is 2.25. The second kappa shape index (κ2) is 10.1. The highest BCUT2D eigenvalue weighted by molar-refractivity contribution is 5.92. The number of aliphatic hydroxyl groups excluding tert-OH is 1. The van der Waals surface area contributed by atoms with Crippen molar-refractivity contribution < 1.29 is 19.4 Å². The molecule has 8 nitrogen and oxygen atoms in total. The lowest BCUT2D eigenvalue weighted by atomic mass is 9.93. The van der Waals surface area contributed by atoms with Crippen LogP contribution in [0.3, 0.4) is 0 Å². The van der Waals surface area contributed by atoms with E-state index in [1.54, 1.807) is 36.1 Å². The molecule has 1 aliphatic carbocycles. The third-order valence-electron chi connectivity index (χ3n) is 5.63. The molecule has 1 atom stereocenters. The van der Waals surface area contributed by atoms with Gasteiger partial charge in [-0.2, -0.15) is 5.10 Å². The number of aliphatic hydroxyl groups is 1. The first kappa shape index (κ1) is 22.5. The minimum Gasteiger partial charge on any atom is -0.503 e. The van der Waals surface area contributed by atoms with Crippen molar-refractivity contribution in [2.75, 3.05) is 7.05 Å². The number of carbonyl (C=O) groups is 2. The molecule has 2 amide bonds. The van der Waals surface area contributed by atoms with Crippen molar-refractivity contribution in [1.29, 1.82) is 0 Å². The maximum absolute atomic E-state index is 12.5. The van der Waals surface area contributed by atoms with E-state index in [1.807, 2.05) is 13.8 Å². The number of rotatable bonds is 8. The molecule has 1 heterocycles. The molecule has 2 N–H and O–H groups in total. The molecule has 0 saturated heterocycles. The van der Waals surface area contributed by atoms with Crippen LogP contribution in [0.4, 0.5) is 4.79 Å². The largest absolute Gasteiger partial charge is 0.503 e. The van der Waals surface area contributed by atoms with Crippen LogP contribution in [0.2, 0.25) is 0 Å². The average molecular weight is 405 g/mol. The Morgan fingerprint density at radius 1 is 1.48 bits per heavy atom. The lowest BCUT2D eigenvalue weighted by Crippen LogP contribution is -2.35. The maximum Gasteiger partial charge on any atom is 0.410 e. The van der Waals surface area contributed by atoms with Gasteiger partial charge in [0.2, 0.25) is 0 Å². The van der Waals surface area contributed by atoms with Crippen LogP contribution in [0.25, 0.3) is 5.57 Å². The van der Waals surface area contributed by atoms with Gasteiger partial charge in [0.05, 0.1) is 11.9 Å². The number of carbonyl (C=O) groups excluding carboxylic acids is 2. The number of amides is 2. The predicted molar refractivity (Wildman–Crippen MR) is 111 cm³/mol. The summed E-state index contributed by atoms with van der Waals surface area (Å²) in [4.78, 5) is 25.8. The van der Waals surface area contributed by atoms with Gasteiger partial charge in [-0.25, -0.2) is 4.79 Å². The highest BCUT2D eigenvalue weighted by Crippen LogP contribution is 2.29. The van der Waals surface area contributed by atoms with Crippen LogP contribution in [0, 0.1) is 5.92 Å². The highest BCUT2D eigenvalue weighted by atomic mass is 16.6. The van der Waals surface area contributed by atoms with Crippen LogP contribution >= 0.6 is 0 Å². The summed E-state index contributed by atoms with van der Waals surface area (Å²) in [5.41, 5.74) is 2.37. The van der Waals surface area contributed by atoms with E-state index >= 15 is 0 Å². The third kappa shape index (κ3) is 5.62. The summed E-state index contributed by atoms with van der Waals surface area (Å²) in [5.74, 6) is -1.11. The third-order valence-corrected chi connectivity index (χ3v) is 5.63. The molecule has 8 heteroatoms. The van der Waals surface area contributed by atoms with Crippen molar-refractivity contribution in [2.24, 2.45) is 13.0 Å². The standard InChI is InChI=1S/C21H32N4O4/c1-6-14(2)17(11-22-20(27)15(3)26)18-12-23-25(5)19(18)13-29-21(28)24(4)16-9-7-8-10-16/h11-12,14,16,26H,3,6-10,13H2,1-2,4-5H3,(H,22,27)/b17-11+. The minimum atomic E-state index is -0.666. The number of ether oxygens (including phenoxy) is 1. The fourth-order valence-electron chi connectivity index (χ4n) is 3.48. The van der Waals surface area contributed by atoms with Gasteiger partial charge in [0, 0.05) is 31.9 Å². The number of nitrogens with zero attached hydrogens (tertiary/aromatic N) is 3. The number of hydrogen-bond donors (Lipinski definition) is 2. The van der Waals surface area contributed by atoms with Crippen molar-refractivity contribution in [3.63, 3.8) is 0 Å². The van der Waals surface area contributed by atoms with E-state index in [1.165, 1.54) is 0 Å². The Kier molecular flexibility index (Phi) is 7.87. The quantitative estimate of drug-likeness (QED) is 0.510. The molecular formula is C21H32N4O4. The fraction of sp³-hybridized carbons (Fsp3) is 0.571. The monoisotopic (exact) mass is 404 g/mol. The number of aryl methyl sites for hydroxylation is 1. The van der Waals surface area contributed by atoms with Crippen LogP contribution in [-0.4, -0.2) is 44.9 Å². The Balaban J connectivity index is 2.18. The summed E-state index contributed by atoms with van der Waals surface area (Å²) < 4.78 is 7.23. The first-order chi connectivity index (χ1) is 13.8. The van der Waals surface area contributed by atoms with Crippen LogP contribution in [0.5, 0.6) is 0 Å². The van der Waals surface area contributed by atoms with Gasteiger partial charge in [0.15, 0.2) is 5.76 Å². The Morgan fingerprint density at radius 3 is 2.72 bits per heavy atom. The van der Waals surface area contributed by atoms with Crippen LogP contribution in [0.15, 0.2) is 24.7 Å². The zero-order valence-electron chi connectivity index (χ0n) is 17.8. The Hall–Kier alpha value is -2.77. The van der Waals surface area contributed by atoms with Crippen molar-refractivity contribution in [3.8, 4) is 0 Å². The summed E-state index contributed by atoms with van der Waals surface area (Å²) in [6.45, 7) is 7.38. The van der Waals surface area contributed by atoms with Crippen LogP contribution < -0.4 is 5.32 Å². The zero-order chi connectivity index (χ0) is 21.6. The van der Waals surface area contributed by atoms with E-state index < -0.39 is 11.7 Å². The second-order valence-electron chi connectivity index (χ2n) is 7.56. The first-order valence-corrected chi connectivity index (χ1v) is 10.1. The fourth-order valence-corrected chi connectivity index (χ4v) is 3.48. The van der Waals surface area contributed by atoms with Gasteiger partial charge in [-0.05, 0) is 30.8 Å². The van der Waals surface area contributed by atoms with Gasteiger partial charge < -0.3 is 20.1 Å². The number of aromatic nitrogens is 2. The molecule has 1 fully saturated rings. The molecule has 0 bridgehead atoms. The number of hydrogen-bond acceptors (Lipinski definition) is 5. The van der Waals surface area contributed by atoms with Gasteiger partial charge in [-0.1, -0.05) is 33.3 Å². The van der Waals surface area contributed by atoms with E-state index in [2.05, 4.69) is 17.0 Å². The molecule has 0 spiro atoms. The van der Waals surface area contributed by atoms with E-state index in [4.69, 9.17) is 4.74 Å². The molecule has 2 rings (SSSR count).